The lowest BCUT2D eigenvalue weighted by molar-refractivity contribution is 0.0237. The Balaban J connectivity index is 2.19. The molecule has 0 atom stereocenters. The summed E-state index contributed by atoms with van der Waals surface area (Å²) >= 11 is 0. The van der Waals surface area contributed by atoms with Crippen molar-refractivity contribution < 1.29 is 9.53 Å². The van der Waals surface area contributed by atoms with E-state index in [4.69, 9.17) is 16.4 Å². The Morgan fingerprint density at radius 3 is 2.50 bits per heavy atom. The molecule has 1 amide bonds. The Hall–Kier alpha value is -2.29. The minimum atomic E-state index is -0.522. The third-order valence-electron chi connectivity index (χ3n) is 3.29. The zero-order valence-electron chi connectivity index (χ0n) is 13.6. The van der Waals surface area contributed by atoms with Crippen molar-refractivity contribution in [1.82, 2.24) is 19.5 Å². The molecule has 9 heteroatoms. The van der Waals surface area contributed by atoms with Gasteiger partial charge < -0.3 is 15.1 Å². The number of ether oxygens (including phenoxy) is 1. The third-order valence-corrected chi connectivity index (χ3v) is 3.29. The van der Waals surface area contributed by atoms with Crippen LogP contribution in [0.3, 0.4) is 0 Å². The lowest BCUT2D eigenvalue weighted by Gasteiger charge is -2.24. The van der Waals surface area contributed by atoms with Crippen LogP contribution in [-0.4, -0.2) is 44.0 Å². The van der Waals surface area contributed by atoms with Crippen molar-refractivity contribution in [3.63, 3.8) is 0 Å². The molecule has 0 aromatic carbocycles. The van der Waals surface area contributed by atoms with Gasteiger partial charge in [-0.3, -0.25) is 9.91 Å². The van der Waals surface area contributed by atoms with Crippen molar-refractivity contribution in [2.45, 2.75) is 39.5 Å². The standard InChI is InChI=1S/C13H23N7O2/c1-13(2,3)22-12(21)20-6-8-9(7-20)18(4)10(16-8)11(17-14)19(5)15/h6-7,14-15H2,1-5H3/b17-11-. The Labute approximate surface area is 129 Å². The molecule has 0 spiro atoms. The van der Waals surface area contributed by atoms with Gasteiger partial charge in [0, 0.05) is 14.1 Å². The van der Waals surface area contributed by atoms with Gasteiger partial charge in [-0.2, -0.15) is 5.10 Å². The highest BCUT2D eigenvalue weighted by Crippen LogP contribution is 2.25. The molecule has 0 unspecified atom stereocenters. The molecular formula is C13H23N7O2. The molecule has 0 aliphatic carbocycles. The van der Waals surface area contributed by atoms with E-state index in [1.807, 2.05) is 32.4 Å². The molecule has 1 aliphatic rings. The number of hydrazone groups is 1. The van der Waals surface area contributed by atoms with Crippen LogP contribution >= 0.6 is 0 Å². The maximum Gasteiger partial charge on any atom is 0.410 e. The summed E-state index contributed by atoms with van der Waals surface area (Å²) in [6.07, 6.45) is -0.351. The van der Waals surface area contributed by atoms with E-state index in [0.29, 0.717) is 24.7 Å². The van der Waals surface area contributed by atoms with Crippen LogP contribution in [0.1, 0.15) is 38.0 Å². The van der Waals surface area contributed by atoms with Crippen LogP contribution in [0.15, 0.2) is 5.10 Å². The predicted octanol–water partition coefficient (Wildman–Crippen LogP) is 0.0966. The van der Waals surface area contributed by atoms with Gasteiger partial charge in [-0.05, 0) is 20.8 Å². The number of rotatable bonds is 1. The van der Waals surface area contributed by atoms with E-state index >= 15 is 0 Å². The van der Waals surface area contributed by atoms with E-state index in [0.717, 1.165) is 11.4 Å². The normalized spacial score (nSPS) is 15.0. The Bertz CT molecular complexity index is 613. The zero-order chi connectivity index (χ0) is 16.7. The predicted molar refractivity (Wildman–Crippen MR) is 81.4 cm³/mol. The largest absolute Gasteiger partial charge is 0.444 e. The molecule has 4 N–H and O–H groups in total. The first-order valence-electron chi connectivity index (χ1n) is 6.93. The van der Waals surface area contributed by atoms with Crippen LogP contribution in [0.25, 0.3) is 0 Å². The maximum atomic E-state index is 12.1. The van der Waals surface area contributed by atoms with Crippen LogP contribution in [0.4, 0.5) is 4.79 Å². The highest BCUT2D eigenvalue weighted by Gasteiger charge is 2.32. The van der Waals surface area contributed by atoms with E-state index in [-0.39, 0.29) is 6.09 Å². The fourth-order valence-electron chi connectivity index (χ4n) is 2.29. The molecule has 1 aliphatic heterocycles. The smallest absolute Gasteiger partial charge is 0.410 e. The molecule has 2 rings (SSSR count). The summed E-state index contributed by atoms with van der Waals surface area (Å²) in [5.74, 6) is 12.0. The van der Waals surface area contributed by atoms with Crippen molar-refractivity contribution in [3.8, 4) is 0 Å². The van der Waals surface area contributed by atoms with E-state index in [1.54, 1.807) is 11.9 Å². The number of nitrogens with two attached hydrogens (primary N) is 2. The Kier molecular flexibility index (Phi) is 4.01. The zero-order valence-corrected chi connectivity index (χ0v) is 13.6. The van der Waals surface area contributed by atoms with E-state index in [1.165, 1.54) is 5.01 Å². The molecule has 9 nitrogen and oxygen atoms in total. The fraction of sp³-hybridized carbons (Fsp3) is 0.615. The van der Waals surface area contributed by atoms with E-state index in [9.17, 15) is 4.79 Å². The number of amides is 1. The maximum absolute atomic E-state index is 12.1. The molecule has 0 fully saturated rings. The summed E-state index contributed by atoms with van der Waals surface area (Å²) in [7, 11) is 3.48. The van der Waals surface area contributed by atoms with Gasteiger partial charge in [-0.1, -0.05) is 0 Å². The highest BCUT2D eigenvalue weighted by molar-refractivity contribution is 5.95. The summed E-state index contributed by atoms with van der Waals surface area (Å²) in [6, 6.07) is 0. The molecule has 2 heterocycles. The van der Waals surface area contributed by atoms with Crippen LogP contribution in [0.2, 0.25) is 0 Å². The van der Waals surface area contributed by atoms with Crippen molar-refractivity contribution in [1.29, 1.82) is 0 Å². The Morgan fingerprint density at radius 2 is 2.05 bits per heavy atom. The minimum absolute atomic E-state index is 0.351. The van der Waals surface area contributed by atoms with Crippen molar-refractivity contribution in [3.05, 3.63) is 17.2 Å². The number of imidazole rings is 1. The minimum Gasteiger partial charge on any atom is -0.444 e. The average Bonchev–Trinajstić information content (AvgIpc) is 2.89. The van der Waals surface area contributed by atoms with Crippen LogP contribution < -0.4 is 11.7 Å². The highest BCUT2D eigenvalue weighted by atomic mass is 16.6. The number of carbonyl (C=O) groups excluding carboxylic acids is 1. The van der Waals surface area contributed by atoms with Crippen LogP contribution in [0, 0.1) is 0 Å². The van der Waals surface area contributed by atoms with Gasteiger partial charge >= 0.3 is 6.09 Å². The number of fused-ring (bicyclic) bond motifs is 1. The molecular weight excluding hydrogens is 286 g/mol. The summed E-state index contributed by atoms with van der Waals surface area (Å²) < 4.78 is 7.22. The van der Waals surface area contributed by atoms with Gasteiger partial charge in [0.1, 0.15) is 5.60 Å². The van der Waals surface area contributed by atoms with Gasteiger partial charge in [0.15, 0.2) is 5.82 Å². The summed E-state index contributed by atoms with van der Waals surface area (Å²) in [5.41, 5.74) is 1.20. The third kappa shape index (κ3) is 2.98. The molecule has 0 radical (unpaired) electrons. The summed E-state index contributed by atoms with van der Waals surface area (Å²) in [5, 5.41) is 4.97. The summed E-state index contributed by atoms with van der Waals surface area (Å²) in [6.45, 7) is 6.34. The number of hydrogen-bond acceptors (Lipinski definition) is 6. The van der Waals surface area contributed by atoms with Gasteiger partial charge in [0.25, 0.3) is 0 Å². The molecule has 0 saturated heterocycles. The number of carbonyl (C=O) groups is 1. The quantitative estimate of drug-likeness (QED) is 0.329. The van der Waals surface area contributed by atoms with E-state index in [2.05, 4.69) is 10.1 Å². The average molecular weight is 309 g/mol. The second-order valence-corrected chi connectivity index (χ2v) is 6.29. The SMILES string of the molecule is CN(N)/C(=N\N)c1nc2c(n1C)CN(C(=O)OC(C)(C)C)C2. The number of nitrogens with zero attached hydrogens (tertiary/aromatic N) is 5. The lowest BCUT2D eigenvalue weighted by atomic mass is 10.2. The van der Waals surface area contributed by atoms with Gasteiger partial charge in [-0.15, -0.1) is 0 Å². The Morgan fingerprint density at radius 1 is 1.41 bits per heavy atom. The lowest BCUT2D eigenvalue weighted by Crippen LogP contribution is -2.37. The number of hydrazine groups is 1. The van der Waals surface area contributed by atoms with Crippen molar-refractivity contribution >= 4 is 11.9 Å². The van der Waals surface area contributed by atoms with Gasteiger partial charge in [-0.25, -0.2) is 15.6 Å². The van der Waals surface area contributed by atoms with E-state index < -0.39 is 5.60 Å². The first-order chi connectivity index (χ1) is 10.1. The first-order valence-corrected chi connectivity index (χ1v) is 6.93. The first kappa shape index (κ1) is 16.1. The second-order valence-electron chi connectivity index (χ2n) is 6.29. The van der Waals surface area contributed by atoms with Gasteiger partial charge in [0.05, 0.1) is 24.5 Å². The molecule has 0 bridgehead atoms. The van der Waals surface area contributed by atoms with Gasteiger partial charge in [0.2, 0.25) is 5.84 Å². The topological polar surface area (TPSA) is 115 Å². The van der Waals surface area contributed by atoms with Crippen LogP contribution in [0.5, 0.6) is 0 Å². The summed E-state index contributed by atoms with van der Waals surface area (Å²) in [4.78, 5) is 18.2. The van der Waals surface area contributed by atoms with Crippen molar-refractivity contribution in [2.24, 2.45) is 23.8 Å². The molecule has 22 heavy (non-hydrogen) atoms. The van der Waals surface area contributed by atoms with Crippen LogP contribution in [-0.2, 0) is 24.9 Å². The fourth-order valence-corrected chi connectivity index (χ4v) is 2.29. The number of hydrogen-bond donors (Lipinski definition) is 2. The monoisotopic (exact) mass is 309 g/mol. The molecule has 1 aromatic heterocycles. The number of aromatic nitrogens is 2. The second kappa shape index (κ2) is 5.48. The number of amidine groups is 1. The van der Waals surface area contributed by atoms with Crippen molar-refractivity contribution in [2.75, 3.05) is 7.05 Å². The molecule has 0 saturated carbocycles. The molecule has 1 aromatic rings. The molecule has 122 valence electrons.